The summed E-state index contributed by atoms with van der Waals surface area (Å²) in [5.74, 6) is 0.521. The lowest BCUT2D eigenvalue weighted by Gasteiger charge is -2.06. The molecule has 0 saturated heterocycles. The topological polar surface area (TPSA) is 87.0 Å². The van der Waals surface area contributed by atoms with Crippen LogP contribution in [0, 0.1) is 17.0 Å². The summed E-state index contributed by atoms with van der Waals surface area (Å²) in [7, 11) is 0. The standard InChI is InChI=1S/C11H11BrN4O2/c1-7-5-14-15(11(7)13)6-8-2-3-9(12)4-10(8)16(17)18/h2-5H,6,13H2,1H3. The van der Waals surface area contributed by atoms with Crippen LogP contribution in [-0.4, -0.2) is 14.7 Å². The first-order valence-corrected chi connectivity index (χ1v) is 5.99. The molecule has 2 rings (SSSR count). The number of hydrogen-bond acceptors (Lipinski definition) is 4. The van der Waals surface area contributed by atoms with E-state index in [0.717, 1.165) is 5.56 Å². The first kappa shape index (κ1) is 12.6. The number of nitrogen functional groups attached to an aromatic ring is 1. The molecule has 0 aliphatic rings. The fourth-order valence-electron chi connectivity index (χ4n) is 1.62. The lowest BCUT2D eigenvalue weighted by atomic mass is 10.2. The van der Waals surface area contributed by atoms with Crippen LogP contribution in [0.15, 0.2) is 28.9 Å². The highest BCUT2D eigenvalue weighted by Crippen LogP contribution is 2.25. The summed E-state index contributed by atoms with van der Waals surface area (Å²) in [6.07, 6.45) is 1.64. The quantitative estimate of drug-likeness (QED) is 0.697. The molecule has 2 N–H and O–H groups in total. The van der Waals surface area contributed by atoms with Crippen LogP contribution in [0.1, 0.15) is 11.1 Å². The van der Waals surface area contributed by atoms with Crippen LogP contribution in [0.3, 0.4) is 0 Å². The number of nitrogens with two attached hydrogens (primary N) is 1. The minimum atomic E-state index is -0.410. The summed E-state index contributed by atoms with van der Waals surface area (Å²) in [6.45, 7) is 2.12. The monoisotopic (exact) mass is 310 g/mol. The third-order valence-corrected chi connectivity index (χ3v) is 3.13. The van der Waals surface area contributed by atoms with Crippen molar-refractivity contribution in [2.45, 2.75) is 13.5 Å². The lowest BCUT2D eigenvalue weighted by molar-refractivity contribution is -0.385. The third kappa shape index (κ3) is 2.35. The van der Waals surface area contributed by atoms with Crippen LogP contribution in [0.5, 0.6) is 0 Å². The predicted molar refractivity (Wildman–Crippen MR) is 71.3 cm³/mol. The van der Waals surface area contributed by atoms with Gasteiger partial charge in [-0.2, -0.15) is 5.10 Å². The summed E-state index contributed by atoms with van der Waals surface area (Å²) >= 11 is 3.22. The molecule has 0 aliphatic heterocycles. The van der Waals surface area contributed by atoms with E-state index < -0.39 is 4.92 Å². The number of nitro groups is 1. The maximum absolute atomic E-state index is 11.0. The number of aryl methyl sites for hydroxylation is 1. The second-order valence-corrected chi connectivity index (χ2v) is 4.82. The van der Waals surface area contributed by atoms with Gasteiger partial charge in [0.25, 0.3) is 5.69 Å². The van der Waals surface area contributed by atoms with Gasteiger partial charge in [0.05, 0.1) is 23.2 Å². The largest absolute Gasteiger partial charge is 0.384 e. The zero-order valence-electron chi connectivity index (χ0n) is 9.63. The van der Waals surface area contributed by atoms with Gasteiger partial charge in [0.1, 0.15) is 5.82 Å². The van der Waals surface area contributed by atoms with E-state index in [1.54, 1.807) is 23.0 Å². The van der Waals surface area contributed by atoms with Crippen LogP contribution in [-0.2, 0) is 6.54 Å². The molecule has 0 amide bonds. The van der Waals surface area contributed by atoms with Gasteiger partial charge >= 0.3 is 0 Å². The molecular formula is C11H11BrN4O2. The molecule has 0 unspecified atom stereocenters. The highest BCUT2D eigenvalue weighted by molar-refractivity contribution is 9.10. The first-order chi connectivity index (χ1) is 8.49. The molecular weight excluding hydrogens is 300 g/mol. The smallest absolute Gasteiger partial charge is 0.275 e. The van der Waals surface area contributed by atoms with E-state index in [1.807, 2.05) is 6.92 Å². The molecule has 1 heterocycles. The number of halogens is 1. The Morgan fingerprint density at radius 1 is 1.56 bits per heavy atom. The van der Waals surface area contributed by atoms with Gasteiger partial charge in [0.15, 0.2) is 0 Å². The maximum atomic E-state index is 11.0. The van der Waals surface area contributed by atoms with Crippen LogP contribution < -0.4 is 5.73 Å². The van der Waals surface area contributed by atoms with Crippen LogP contribution >= 0.6 is 15.9 Å². The van der Waals surface area contributed by atoms with Crippen LogP contribution in [0.25, 0.3) is 0 Å². The Morgan fingerprint density at radius 3 is 2.83 bits per heavy atom. The van der Waals surface area contributed by atoms with Gasteiger partial charge in [-0.25, -0.2) is 4.68 Å². The van der Waals surface area contributed by atoms with Crippen molar-refractivity contribution in [3.63, 3.8) is 0 Å². The molecule has 0 radical (unpaired) electrons. The Morgan fingerprint density at radius 2 is 2.28 bits per heavy atom. The predicted octanol–water partition coefficient (Wildman–Crippen LogP) is 2.49. The average Bonchev–Trinajstić information content (AvgIpc) is 2.63. The fraction of sp³-hybridized carbons (Fsp3) is 0.182. The summed E-state index contributed by atoms with van der Waals surface area (Å²) < 4.78 is 2.22. The van der Waals surface area contributed by atoms with E-state index in [9.17, 15) is 10.1 Å². The molecule has 0 fully saturated rings. The lowest BCUT2D eigenvalue weighted by Crippen LogP contribution is -2.08. The molecule has 0 spiro atoms. The van der Waals surface area contributed by atoms with E-state index >= 15 is 0 Å². The van der Waals surface area contributed by atoms with Gasteiger partial charge in [-0.15, -0.1) is 0 Å². The fourth-order valence-corrected chi connectivity index (χ4v) is 1.97. The number of aromatic nitrogens is 2. The summed E-state index contributed by atoms with van der Waals surface area (Å²) in [5, 5.41) is 15.1. The van der Waals surface area contributed by atoms with Crippen LogP contribution in [0.2, 0.25) is 0 Å². The van der Waals surface area contributed by atoms with Gasteiger partial charge in [-0.1, -0.05) is 15.9 Å². The minimum absolute atomic E-state index is 0.0527. The number of hydrogen-bond donors (Lipinski definition) is 1. The van der Waals surface area contributed by atoms with Crippen molar-refractivity contribution >= 4 is 27.4 Å². The van der Waals surface area contributed by atoms with E-state index in [2.05, 4.69) is 21.0 Å². The molecule has 1 aromatic carbocycles. The molecule has 0 aliphatic carbocycles. The number of rotatable bonds is 3. The maximum Gasteiger partial charge on any atom is 0.275 e. The van der Waals surface area contributed by atoms with Crippen molar-refractivity contribution in [1.82, 2.24) is 9.78 Å². The van der Waals surface area contributed by atoms with Gasteiger partial charge in [0, 0.05) is 16.1 Å². The van der Waals surface area contributed by atoms with E-state index in [4.69, 9.17) is 5.73 Å². The number of nitrogens with zero attached hydrogens (tertiary/aromatic N) is 3. The van der Waals surface area contributed by atoms with Crippen molar-refractivity contribution in [3.05, 3.63) is 50.1 Å². The Balaban J connectivity index is 2.40. The Labute approximate surface area is 112 Å². The number of benzene rings is 1. The van der Waals surface area contributed by atoms with Gasteiger partial charge < -0.3 is 5.73 Å². The van der Waals surface area contributed by atoms with Gasteiger partial charge in [-0.05, 0) is 19.1 Å². The van der Waals surface area contributed by atoms with Crippen molar-refractivity contribution < 1.29 is 4.92 Å². The van der Waals surface area contributed by atoms with E-state index in [1.165, 1.54) is 6.07 Å². The zero-order chi connectivity index (χ0) is 13.3. The molecule has 1 aromatic heterocycles. The minimum Gasteiger partial charge on any atom is -0.384 e. The van der Waals surface area contributed by atoms with E-state index in [-0.39, 0.29) is 12.2 Å². The molecule has 6 nitrogen and oxygen atoms in total. The third-order valence-electron chi connectivity index (χ3n) is 2.64. The zero-order valence-corrected chi connectivity index (χ0v) is 11.2. The highest BCUT2D eigenvalue weighted by atomic mass is 79.9. The van der Waals surface area contributed by atoms with Crippen molar-refractivity contribution in [3.8, 4) is 0 Å². The second-order valence-electron chi connectivity index (χ2n) is 3.90. The molecule has 2 aromatic rings. The molecule has 0 bridgehead atoms. The molecule has 0 atom stereocenters. The van der Waals surface area contributed by atoms with Gasteiger partial charge in [0.2, 0.25) is 0 Å². The summed E-state index contributed by atoms with van der Waals surface area (Å²) in [5.41, 5.74) is 7.30. The van der Waals surface area contributed by atoms with Crippen molar-refractivity contribution in [2.24, 2.45) is 0 Å². The molecule has 94 valence electrons. The van der Waals surface area contributed by atoms with Gasteiger partial charge in [-0.3, -0.25) is 10.1 Å². The molecule has 7 heteroatoms. The van der Waals surface area contributed by atoms with Crippen molar-refractivity contribution in [2.75, 3.05) is 5.73 Å². The number of nitro benzene ring substituents is 1. The Bertz CT molecular complexity index is 609. The molecule has 18 heavy (non-hydrogen) atoms. The van der Waals surface area contributed by atoms with Crippen molar-refractivity contribution in [1.29, 1.82) is 0 Å². The second kappa shape index (κ2) is 4.77. The number of anilines is 1. The normalized spacial score (nSPS) is 10.6. The molecule has 0 saturated carbocycles. The summed E-state index contributed by atoms with van der Waals surface area (Å²) in [6, 6.07) is 4.93. The highest BCUT2D eigenvalue weighted by Gasteiger charge is 2.15. The Hall–Kier alpha value is -1.89. The van der Waals surface area contributed by atoms with E-state index in [0.29, 0.717) is 15.9 Å². The first-order valence-electron chi connectivity index (χ1n) is 5.19. The SMILES string of the molecule is Cc1cnn(Cc2ccc(Br)cc2[N+](=O)[O-])c1N. The van der Waals surface area contributed by atoms with Crippen LogP contribution in [0.4, 0.5) is 11.5 Å². The average molecular weight is 311 g/mol. The summed E-state index contributed by atoms with van der Waals surface area (Å²) in [4.78, 5) is 10.6. The Kier molecular flexibility index (Phi) is 3.33.